The van der Waals surface area contributed by atoms with E-state index in [-0.39, 0.29) is 16.9 Å². The fraction of sp³-hybridized carbons (Fsp3) is 0.353. The third-order valence-corrected chi connectivity index (χ3v) is 4.52. The molecule has 2 aromatic rings. The van der Waals surface area contributed by atoms with Crippen LogP contribution in [0.25, 0.3) is 0 Å². The predicted octanol–water partition coefficient (Wildman–Crippen LogP) is 2.32. The lowest BCUT2D eigenvalue weighted by molar-refractivity contribution is 0.122. The fourth-order valence-electron chi connectivity index (χ4n) is 2.77. The number of halogens is 1. The topological polar surface area (TPSA) is 96.6 Å². The van der Waals surface area contributed by atoms with Gasteiger partial charge in [-0.15, -0.1) is 0 Å². The number of aromatic nitrogens is 2. The highest BCUT2D eigenvalue weighted by molar-refractivity contribution is 9.10. The Labute approximate surface area is 154 Å². The fourth-order valence-corrected chi connectivity index (χ4v) is 3.46. The van der Waals surface area contributed by atoms with Gasteiger partial charge in [-0.05, 0) is 37.1 Å². The quantitative estimate of drug-likeness (QED) is 0.763. The number of hydrogen-bond acceptors (Lipinski definition) is 6. The third kappa shape index (κ3) is 3.91. The number of anilines is 2. The smallest absolute Gasteiger partial charge is 0.263 e. The number of H-pyrrole nitrogens is 1. The molecule has 0 aliphatic carbocycles. The van der Waals surface area contributed by atoms with E-state index >= 15 is 0 Å². The minimum Gasteiger partial charge on any atom is -0.383 e. The molecular weight excluding hydrogens is 386 g/mol. The first-order valence-electron chi connectivity index (χ1n) is 7.99. The normalized spacial score (nSPS) is 15.1. The number of aryl methyl sites for hydroxylation is 2. The highest BCUT2D eigenvalue weighted by Gasteiger charge is 2.16. The molecule has 8 heteroatoms. The summed E-state index contributed by atoms with van der Waals surface area (Å²) in [6, 6.07) is 3.96. The summed E-state index contributed by atoms with van der Waals surface area (Å²) in [5.41, 5.74) is 8.81. The molecule has 25 heavy (non-hydrogen) atoms. The number of nitrogens with zero attached hydrogens (tertiary/aromatic N) is 3. The Morgan fingerprint density at radius 1 is 1.32 bits per heavy atom. The summed E-state index contributed by atoms with van der Waals surface area (Å²) in [5.74, 6) is 0.639. The van der Waals surface area contributed by atoms with Crippen molar-refractivity contribution in [3.8, 4) is 0 Å². The van der Waals surface area contributed by atoms with Crippen molar-refractivity contribution in [2.75, 3.05) is 36.9 Å². The minimum atomic E-state index is -0.301. The number of ether oxygens (including phenoxy) is 1. The van der Waals surface area contributed by atoms with Crippen molar-refractivity contribution >= 4 is 39.6 Å². The van der Waals surface area contributed by atoms with Crippen molar-refractivity contribution in [1.29, 1.82) is 0 Å². The molecule has 1 aliphatic heterocycles. The average Bonchev–Trinajstić information content (AvgIpc) is 2.56. The highest BCUT2D eigenvalue weighted by atomic mass is 79.9. The van der Waals surface area contributed by atoms with E-state index in [4.69, 9.17) is 10.5 Å². The molecule has 1 saturated heterocycles. The molecule has 0 radical (unpaired) electrons. The van der Waals surface area contributed by atoms with Crippen LogP contribution in [0.5, 0.6) is 0 Å². The van der Waals surface area contributed by atoms with Crippen LogP contribution in [0.3, 0.4) is 0 Å². The summed E-state index contributed by atoms with van der Waals surface area (Å²) in [6.07, 6.45) is 1.48. The molecule has 3 N–H and O–H groups in total. The SMILES string of the molecule is Cc1cc(Br)cc(C)c1N=Cc1c(N)nc(N2CCOCC2)[nH]c1=O. The molecule has 132 valence electrons. The second-order valence-electron chi connectivity index (χ2n) is 5.93. The van der Waals surface area contributed by atoms with Crippen molar-refractivity contribution in [3.05, 3.63) is 43.6 Å². The Hall–Kier alpha value is -2.19. The zero-order valence-electron chi connectivity index (χ0n) is 14.2. The molecule has 7 nitrogen and oxygen atoms in total. The summed E-state index contributed by atoms with van der Waals surface area (Å²) in [5, 5.41) is 0. The third-order valence-electron chi connectivity index (χ3n) is 4.06. The molecule has 0 amide bonds. The van der Waals surface area contributed by atoms with Gasteiger partial charge in [-0.3, -0.25) is 14.8 Å². The summed E-state index contributed by atoms with van der Waals surface area (Å²) < 4.78 is 6.30. The lowest BCUT2D eigenvalue weighted by Crippen LogP contribution is -2.38. The van der Waals surface area contributed by atoms with E-state index in [9.17, 15) is 4.79 Å². The number of hydrogen-bond donors (Lipinski definition) is 2. The van der Waals surface area contributed by atoms with Crippen LogP contribution >= 0.6 is 15.9 Å². The number of nitrogen functional groups attached to an aromatic ring is 1. The van der Waals surface area contributed by atoms with Gasteiger partial charge in [0.2, 0.25) is 5.95 Å². The second kappa shape index (κ2) is 7.37. The van der Waals surface area contributed by atoms with Crippen LogP contribution in [-0.2, 0) is 4.74 Å². The summed E-state index contributed by atoms with van der Waals surface area (Å²) in [7, 11) is 0. The molecule has 0 saturated carbocycles. The number of rotatable bonds is 3. The van der Waals surface area contributed by atoms with Crippen molar-refractivity contribution in [2.45, 2.75) is 13.8 Å². The van der Waals surface area contributed by atoms with Gasteiger partial charge in [-0.1, -0.05) is 15.9 Å². The van der Waals surface area contributed by atoms with E-state index in [1.54, 1.807) is 0 Å². The Morgan fingerprint density at radius 3 is 2.56 bits per heavy atom. The zero-order chi connectivity index (χ0) is 18.0. The summed E-state index contributed by atoms with van der Waals surface area (Å²) >= 11 is 3.46. The first-order valence-corrected chi connectivity index (χ1v) is 8.78. The maximum absolute atomic E-state index is 12.4. The van der Waals surface area contributed by atoms with Gasteiger partial charge in [0.25, 0.3) is 5.56 Å². The van der Waals surface area contributed by atoms with Crippen LogP contribution in [-0.4, -0.2) is 42.5 Å². The zero-order valence-corrected chi connectivity index (χ0v) is 15.8. The van der Waals surface area contributed by atoms with E-state index in [2.05, 4.69) is 30.9 Å². The number of nitrogens with two attached hydrogens (primary N) is 1. The van der Waals surface area contributed by atoms with E-state index in [0.717, 1.165) is 21.3 Å². The molecule has 1 aliphatic rings. The monoisotopic (exact) mass is 405 g/mol. The van der Waals surface area contributed by atoms with Gasteiger partial charge in [-0.25, -0.2) is 0 Å². The molecule has 1 fully saturated rings. The van der Waals surface area contributed by atoms with Gasteiger partial charge in [-0.2, -0.15) is 4.98 Å². The number of aromatic amines is 1. The minimum absolute atomic E-state index is 0.168. The first kappa shape index (κ1) is 17.6. The molecule has 2 heterocycles. The largest absolute Gasteiger partial charge is 0.383 e. The highest BCUT2D eigenvalue weighted by Crippen LogP contribution is 2.27. The van der Waals surface area contributed by atoms with Gasteiger partial charge in [0.15, 0.2) is 0 Å². The molecule has 0 spiro atoms. The number of nitrogens with one attached hydrogen (secondary N) is 1. The standard InChI is InChI=1S/C17H20BrN5O2/c1-10-7-12(18)8-11(2)14(10)20-9-13-15(19)21-17(22-16(13)24)23-3-5-25-6-4-23/h7-9H,3-6H2,1-2H3,(H3,19,21,22,24). The van der Waals surface area contributed by atoms with Gasteiger partial charge in [0.1, 0.15) is 11.4 Å². The maximum Gasteiger partial charge on any atom is 0.263 e. The van der Waals surface area contributed by atoms with Gasteiger partial charge < -0.3 is 15.4 Å². The number of morpholine rings is 1. The van der Waals surface area contributed by atoms with Crippen molar-refractivity contribution in [3.63, 3.8) is 0 Å². The van der Waals surface area contributed by atoms with Gasteiger partial charge in [0, 0.05) is 23.8 Å². The molecule has 1 aromatic carbocycles. The molecule has 0 bridgehead atoms. The van der Waals surface area contributed by atoms with Crippen LogP contribution in [0.2, 0.25) is 0 Å². The Morgan fingerprint density at radius 2 is 1.96 bits per heavy atom. The molecule has 1 aromatic heterocycles. The van der Waals surface area contributed by atoms with Crippen molar-refractivity contribution in [2.24, 2.45) is 4.99 Å². The van der Waals surface area contributed by atoms with E-state index < -0.39 is 0 Å². The number of aliphatic imine (C=N–C) groups is 1. The van der Waals surface area contributed by atoms with Crippen LogP contribution in [0.1, 0.15) is 16.7 Å². The maximum atomic E-state index is 12.4. The molecular formula is C17H20BrN5O2. The van der Waals surface area contributed by atoms with Crippen molar-refractivity contribution in [1.82, 2.24) is 9.97 Å². The van der Waals surface area contributed by atoms with E-state index in [0.29, 0.717) is 32.3 Å². The summed E-state index contributed by atoms with van der Waals surface area (Å²) in [6.45, 7) is 6.50. The lowest BCUT2D eigenvalue weighted by atomic mass is 10.1. The predicted molar refractivity (Wildman–Crippen MR) is 103 cm³/mol. The van der Waals surface area contributed by atoms with E-state index in [1.807, 2.05) is 30.9 Å². The van der Waals surface area contributed by atoms with Gasteiger partial charge >= 0.3 is 0 Å². The molecule has 0 atom stereocenters. The molecule has 0 unspecified atom stereocenters. The Balaban J connectivity index is 1.92. The number of benzene rings is 1. The Kier molecular flexibility index (Phi) is 5.19. The van der Waals surface area contributed by atoms with Gasteiger partial charge in [0.05, 0.1) is 18.9 Å². The van der Waals surface area contributed by atoms with Crippen molar-refractivity contribution < 1.29 is 4.74 Å². The first-order chi connectivity index (χ1) is 12.0. The Bertz CT molecular complexity index is 849. The van der Waals surface area contributed by atoms with Crippen LogP contribution in [0.4, 0.5) is 17.5 Å². The van der Waals surface area contributed by atoms with Crippen LogP contribution in [0.15, 0.2) is 26.4 Å². The average molecular weight is 406 g/mol. The second-order valence-corrected chi connectivity index (χ2v) is 6.85. The van der Waals surface area contributed by atoms with E-state index in [1.165, 1.54) is 6.21 Å². The van der Waals surface area contributed by atoms with Crippen LogP contribution < -0.4 is 16.2 Å². The van der Waals surface area contributed by atoms with Crippen LogP contribution in [0, 0.1) is 13.8 Å². The lowest BCUT2D eigenvalue weighted by Gasteiger charge is -2.27. The summed E-state index contributed by atoms with van der Waals surface area (Å²) in [4.78, 5) is 25.9. The molecule has 3 rings (SSSR count).